The molecule has 4 heteroatoms. The Kier molecular flexibility index (Phi) is 5.54. The van der Waals surface area contributed by atoms with Gasteiger partial charge in [0.2, 0.25) is 0 Å². The highest BCUT2D eigenvalue weighted by Crippen LogP contribution is 2.34. The van der Waals surface area contributed by atoms with Crippen molar-refractivity contribution >= 4 is 0 Å². The number of hydrogen-bond donors (Lipinski definition) is 2. The maximum Gasteiger partial charge on any atom is 0.106 e. The average Bonchev–Trinajstić information content (AvgIpc) is 2.83. The summed E-state index contributed by atoms with van der Waals surface area (Å²) < 4.78 is 11.4. The molecule has 0 bridgehead atoms. The third kappa shape index (κ3) is 4.03. The maximum atomic E-state index is 10.3. The topological polar surface area (TPSA) is 58.9 Å². The molecule has 1 saturated heterocycles. The highest BCUT2D eigenvalue weighted by atomic mass is 16.5. The third-order valence-corrected chi connectivity index (χ3v) is 3.94. The summed E-state index contributed by atoms with van der Waals surface area (Å²) in [6.07, 6.45) is 1.72. The predicted octanol–water partition coefficient (Wildman–Crippen LogP) is 1.88. The van der Waals surface area contributed by atoms with E-state index in [4.69, 9.17) is 14.6 Å². The Morgan fingerprint density at radius 2 is 2.15 bits per heavy atom. The summed E-state index contributed by atoms with van der Waals surface area (Å²) in [4.78, 5) is 0. The first-order valence-corrected chi connectivity index (χ1v) is 7.22. The van der Waals surface area contributed by atoms with Crippen molar-refractivity contribution in [3.05, 3.63) is 35.9 Å². The molecule has 0 aromatic heterocycles. The Morgan fingerprint density at radius 3 is 2.85 bits per heavy atom. The van der Waals surface area contributed by atoms with E-state index >= 15 is 0 Å². The molecule has 1 aromatic carbocycles. The van der Waals surface area contributed by atoms with Gasteiger partial charge >= 0.3 is 0 Å². The molecular formula is C16H24O4. The molecule has 1 aromatic rings. The molecule has 0 radical (unpaired) electrons. The Hall–Kier alpha value is -0.940. The van der Waals surface area contributed by atoms with Gasteiger partial charge in [-0.05, 0) is 31.7 Å². The predicted molar refractivity (Wildman–Crippen MR) is 76.3 cm³/mol. The first-order valence-electron chi connectivity index (χ1n) is 7.22. The van der Waals surface area contributed by atoms with Gasteiger partial charge in [-0.3, -0.25) is 0 Å². The van der Waals surface area contributed by atoms with Gasteiger partial charge in [-0.25, -0.2) is 0 Å². The lowest BCUT2D eigenvalue weighted by atomic mass is 9.95. The van der Waals surface area contributed by atoms with Crippen LogP contribution in [0.3, 0.4) is 0 Å². The monoisotopic (exact) mass is 280 g/mol. The standard InChI is InChI=1S/C16H24O4/c1-16(9-7-14(20-16)8-10-17)15(18)12-19-11-13-5-3-2-4-6-13/h2-6,14-15,17-18H,7-12H2,1H3/t14-,15+,16+/m0/s1. The van der Waals surface area contributed by atoms with Crippen LogP contribution in [0.4, 0.5) is 0 Å². The van der Waals surface area contributed by atoms with Gasteiger partial charge in [0.1, 0.15) is 6.10 Å². The summed E-state index contributed by atoms with van der Waals surface area (Å²) in [5.41, 5.74) is 0.534. The molecule has 1 aliphatic heterocycles. The maximum absolute atomic E-state index is 10.3. The van der Waals surface area contributed by atoms with Crippen LogP contribution in [0.1, 0.15) is 31.7 Å². The van der Waals surface area contributed by atoms with Crippen LogP contribution in [0.2, 0.25) is 0 Å². The molecule has 0 unspecified atom stereocenters. The molecule has 0 saturated carbocycles. The molecular weight excluding hydrogens is 256 g/mol. The Balaban J connectivity index is 1.75. The quantitative estimate of drug-likeness (QED) is 0.800. The molecule has 1 heterocycles. The molecule has 2 N–H and O–H groups in total. The number of aliphatic hydroxyl groups is 2. The van der Waals surface area contributed by atoms with Crippen molar-refractivity contribution in [2.75, 3.05) is 13.2 Å². The lowest BCUT2D eigenvalue weighted by Crippen LogP contribution is -2.42. The summed E-state index contributed by atoms with van der Waals surface area (Å²) in [5.74, 6) is 0. The van der Waals surface area contributed by atoms with Crippen molar-refractivity contribution < 1.29 is 19.7 Å². The first kappa shape index (κ1) is 15.4. The van der Waals surface area contributed by atoms with Crippen LogP contribution in [0.25, 0.3) is 0 Å². The van der Waals surface area contributed by atoms with Crippen LogP contribution in [0.5, 0.6) is 0 Å². The SMILES string of the molecule is C[C@]1([C@H](O)COCc2ccccc2)CC[C@@H](CCO)O1. The smallest absolute Gasteiger partial charge is 0.106 e. The van der Waals surface area contributed by atoms with Gasteiger partial charge in [0.25, 0.3) is 0 Å². The second kappa shape index (κ2) is 7.18. The summed E-state index contributed by atoms with van der Waals surface area (Å²) in [6, 6.07) is 9.90. The van der Waals surface area contributed by atoms with E-state index in [1.165, 1.54) is 0 Å². The van der Waals surface area contributed by atoms with Crippen LogP contribution in [-0.4, -0.2) is 41.2 Å². The highest BCUT2D eigenvalue weighted by Gasteiger charge is 2.41. The molecule has 0 amide bonds. The van der Waals surface area contributed by atoms with E-state index in [9.17, 15) is 5.11 Å². The van der Waals surface area contributed by atoms with E-state index in [0.29, 0.717) is 13.0 Å². The van der Waals surface area contributed by atoms with Crippen LogP contribution in [-0.2, 0) is 16.1 Å². The lowest BCUT2D eigenvalue weighted by molar-refractivity contribution is -0.131. The van der Waals surface area contributed by atoms with Crippen LogP contribution in [0.15, 0.2) is 30.3 Å². The minimum absolute atomic E-state index is 0.0498. The second-order valence-electron chi connectivity index (χ2n) is 5.62. The number of hydrogen-bond acceptors (Lipinski definition) is 4. The third-order valence-electron chi connectivity index (χ3n) is 3.94. The van der Waals surface area contributed by atoms with Gasteiger partial charge in [0, 0.05) is 6.61 Å². The van der Waals surface area contributed by atoms with Gasteiger partial charge in [0.15, 0.2) is 0 Å². The molecule has 3 atom stereocenters. The van der Waals surface area contributed by atoms with Gasteiger partial charge in [-0.1, -0.05) is 30.3 Å². The highest BCUT2D eigenvalue weighted by molar-refractivity contribution is 5.13. The molecule has 20 heavy (non-hydrogen) atoms. The number of benzene rings is 1. The zero-order valence-corrected chi connectivity index (χ0v) is 12.0. The van der Waals surface area contributed by atoms with Gasteiger partial charge in [-0.2, -0.15) is 0 Å². The van der Waals surface area contributed by atoms with Crippen molar-refractivity contribution in [3.63, 3.8) is 0 Å². The fourth-order valence-electron chi connectivity index (χ4n) is 2.58. The molecule has 0 spiro atoms. The number of aliphatic hydroxyl groups excluding tert-OH is 2. The van der Waals surface area contributed by atoms with Crippen molar-refractivity contribution in [2.45, 2.75) is 50.6 Å². The molecule has 1 aliphatic rings. The Morgan fingerprint density at radius 1 is 1.40 bits per heavy atom. The van der Waals surface area contributed by atoms with Crippen LogP contribution < -0.4 is 0 Å². The van der Waals surface area contributed by atoms with E-state index in [2.05, 4.69) is 0 Å². The van der Waals surface area contributed by atoms with E-state index < -0.39 is 11.7 Å². The molecule has 4 nitrogen and oxygen atoms in total. The zero-order valence-electron chi connectivity index (χ0n) is 12.0. The second-order valence-corrected chi connectivity index (χ2v) is 5.62. The normalized spacial score (nSPS) is 27.6. The van der Waals surface area contributed by atoms with Crippen molar-refractivity contribution in [1.82, 2.24) is 0 Å². The molecule has 0 aliphatic carbocycles. The number of ether oxygens (including phenoxy) is 2. The van der Waals surface area contributed by atoms with Gasteiger partial charge in [0.05, 0.1) is 24.9 Å². The minimum atomic E-state index is -0.644. The minimum Gasteiger partial charge on any atom is -0.396 e. The number of rotatable bonds is 7. The molecule has 1 fully saturated rings. The summed E-state index contributed by atoms with van der Waals surface area (Å²) >= 11 is 0. The van der Waals surface area contributed by atoms with Crippen molar-refractivity contribution in [2.24, 2.45) is 0 Å². The Labute approximate surface area is 120 Å². The fraction of sp³-hybridized carbons (Fsp3) is 0.625. The molecule has 112 valence electrons. The van der Waals surface area contributed by atoms with Gasteiger partial charge < -0.3 is 19.7 Å². The van der Waals surface area contributed by atoms with E-state index in [1.807, 2.05) is 37.3 Å². The average molecular weight is 280 g/mol. The largest absolute Gasteiger partial charge is 0.396 e. The molecule has 2 rings (SSSR count). The lowest BCUT2D eigenvalue weighted by Gasteiger charge is -2.30. The zero-order chi connectivity index (χ0) is 14.4. The van der Waals surface area contributed by atoms with Gasteiger partial charge in [-0.15, -0.1) is 0 Å². The van der Waals surface area contributed by atoms with E-state index in [0.717, 1.165) is 18.4 Å². The van der Waals surface area contributed by atoms with E-state index in [1.54, 1.807) is 0 Å². The van der Waals surface area contributed by atoms with Crippen molar-refractivity contribution in [3.8, 4) is 0 Å². The Bertz CT molecular complexity index is 395. The van der Waals surface area contributed by atoms with Crippen LogP contribution >= 0.6 is 0 Å². The van der Waals surface area contributed by atoms with E-state index in [-0.39, 0.29) is 19.3 Å². The van der Waals surface area contributed by atoms with Crippen molar-refractivity contribution in [1.29, 1.82) is 0 Å². The summed E-state index contributed by atoms with van der Waals surface area (Å²) in [5, 5.41) is 19.2. The van der Waals surface area contributed by atoms with Crippen LogP contribution in [0, 0.1) is 0 Å². The fourth-order valence-corrected chi connectivity index (χ4v) is 2.58. The summed E-state index contributed by atoms with van der Waals surface area (Å²) in [6.45, 7) is 2.80. The first-order chi connectivity index (χ1) is 9.64. The summed E-state index contributed by atoms with van der Waals surface area (Å²) in [7, 11) is 0.